The highest BCUT2D eigenvalue weighted by Gasteiger charge is 2.47. The monoisotopic (exact) mass is 425 g/mol. The minimum atomic E-state index is -0.607. The average Bonchev–Trinajstić information content (AvgIpc) is 3.03. The van der Waals surface area contributed by atoms with Gasteiger partial charge in [-0.1, -0.05) is 49.4 Å². The summed E-state index contributed by atoms with van der Waals surface area (Å²) in [4.78, 5) is 54.0. The maximum Gasteiger partial charge on any atom is 0.242 e. The third-order valence-electron chi connectivity index (χ3n) is 6.08. The number of hydrogen-bond donors (Lipinski definition) is 1. The van der Waals surface area contributed by atoms with Crippen molar-refractivity contribution in [1.29, 1.82) is 0 Å². The lowest BCUT2D eigenvalue weighted by molar-refractivity contribution is -0.144. The second-order valence-corrected chi connectivity index (χ2v) is 8.06. The molecule has 0 spiro atoms. The van der Waals surface area contributed by atoms with Crippen molar-refractivity contribution in [1.82, 2.24) is 15.1 Å². The summed E-state index contributed by atoms with van der Waals surface area (Å²) < 4.78 is 0. The van der Waals surface area contributed by atoms with Gasteiger partial charge in [-0.2, -0.15) is 0 Å². The van der Waals surface area contributed by atoms with Crippen LogP contribution in [0.2, 0.25) is 0 Å². The zero-order valence-corrected chi connectivity index (χ0v) is 18.3. The number of likely N-dealkylation sites (N-methyl/N-ethyl adjacent to an activating group) is 1. The van der Waals surface area contributed by atoms with Crippen molar-refractivity contribution < 1.29 is 19.2 Å². The van der Waals surface area contributed by atoms with Gasteiger partial charge in [0.1, 0.15) is 6.04 Å². The van der Waals surface area contributed by atoms with Crippen molar-refractivity contribution in [2.75, 3.05) is 13.1 Å². The molecule has 1 aliphatic carbocycles. The SMILES string of the molecule is CCNC(=O)[C@@H](CC)N(Cc1ccccc1)C(=O)CCN1C(=O)[C@H]2CC=CC[C@H]2C1=O. The Morgan fingerprint density at radius 1 is 1.06 bits per heavy atom. The van der Waals surface area contributed by atoms with E-state index in [-0.39, 0.29) is 48.4 Å². The van der Waals surface area contributed by atoms with Gasteiger partial charge in [0.2, 0.25) is 23.6 Å². The Morgan fingerprint density at radius 3 is 2.23 bits per heavy atom. The summed E-state index contributed by atoms with van der Waals surface area (Å²) in [6.07, 6.45) is 5.53. The van der Waals surface area contributed by atoms with E-state index >= 15 is 0 Å². The van der Waals surface area contributed by atoms with Gasteiger partial charge in [0.15, 0.2) is 0 Å². The van der Waals surface area contributed by atoms with Gasteiger partial charge in [-0.15, -0.1) is 0 Å². The van der Waals surface area contributed by atoms with Crippen LogP contribution in [0.1, 0.15) is 45.1 Å². The lowest BCUT2D eigenvalue weighted by Crippen LogP contribution is -2.49. The van der Waals surface area contributed by atoms with Crippen LogP contribution in [0.25, 0.3) is 0 Å². The quantitative estimate of drug-likeness (QED) is 0.486. The molecule has 2 aliphatic rings. The van der Waals surface area contributed by atoms with E-state index in [1.165, 1.54) is 4.90 Å². The van der Waals surface area contributed by atoms with Gasteiger partial charge in [0.05, 0.1) is 11.8 Å². The van der Waals surface area contributed by atoms with Gasteiger partial charge >= 0.3 is 0 Å². The van der Waals surface area contributed by atoms with E-state index in [9.17, 15) is 19.2 Å². The predicted molar refractivity (Wildman–Crippen MR) is 116 cm³/mol. The van der Waals surface area contributed by atoms with Crippen LogP contribution in [0.3, 0.4) is 0 Å². The summed E-state index contributed by atoms with van der Waals surface area (Å²) in [5.74, 6) is -1.40. The fourth-order valence-corrected chi connectivity index (χ4v) is 4.43. The smallest absolute Gasteiger partial charge is 0.242 e. The Balaban J connectivity index is 1.72. The van der Waals surface area contributed by atoms with E-state index in [0.717, 1.165) is 5.56 Å². The summed E-state index contributed by atoms with van der Waals surface area (Å²) in [6, 6.07) is 8.90. The molecule has 7 nitrogen and oxygen atoms in total. The van der Waals surface area contributed by atoms with Crippen LogP contribution in [0.4, 0.5) is 0 Å². The fraction of sp³-hybridized carbons (Fsp3) is 0.500. The normalized spacial score (nSPS) is 21.0. The first kappa shape index (κ1) is 22.7. The lowest BCUT2D eigenvalue weighted by Gasteiger charge is -2.31. The Hall–Kier alpha value is -2.96. The molecule has 1 saturated heterocycles. The summed E-state index contributed by atoms with van der Waals surface area (Å²) in [7, 11) is 0. The van der Waals surface area contributed by atoms with Crippen molar-refractivity contribution >= 4 is 23.6 Å². The third-order valence-corrected chi connectivity index (χ3v) is 6.08. The topological polar surface area (TPSA) is 86.8 Å². The van der Waals surface area contributed by atoms with E-state index in [0.29, 0.717) is 32.4 Å². The zero-order valence-electron chi connectivity index (χ0n) is 18.3. The molecule has 3 rings (SSSR count). The number of nitrogens with one attached hydrogen (secondary N) is 1. The van der Waals surface area contributed by atoms with E-state index in [1.807, 2.05) is 56.3 Å². The molecule has 1 aromatic rings. The first-order valence-corrected chi connectivity index (χ1v) is 11.1. The largest absolute Gasteiger partial charge is 0.355 e. The number of fused-ring (bicyclic) bond motifs is 1. The van der Waals surface area contributed by atoms with Crippen molar-refractivity contribution in [2.45, 2.75) is 52.1 Å². The molecular weight excluding hydrogens is 394 g/mol. The average molecular weight is 426 g/mol. The highest BCUT2D eigenvalue weighted by Crippen LogP contribution is 2.35. The number of amides is 4. The number of allylic oxidation sites excluding steroid dienone is 2. The Kier molecular flexibility index (Phi) is 7.60. The van der Waals surface area contributed by atoms with E-state index < -0.39 is 6.04 Å². The molecule has 1 aliphatic heterocycles. The van der Waals surface area contributed by atoms with Crippen molar-refractivity contribution in [3.05, 3.63) is 48.0 Å². The van der Waals surface area contributed by atoms with Crippen molar-refractivity contribution in [3.63, 3.8) is 0 Å². The molecule has 1 aromatic carbocycles. The molecule has 1 N–H and O–H groups in total. The number of carbonyl (C=O) groups is 4. The van der Waals surface area contributed by atoms with Crippen LogP contribution in [0.5, 0.6) is 0 Å². The first-order valence-electron chi connectivity index (χ1n) is 11.1. The summed E-state index contributed by atoms with van der Waals surface area (Å²) >= 11 is 0. The maximum absolute atomic E-state index is 13.2. The van der Waals surface area contributed by atoms with E-state index in [1.54, 1.807) is 4.90 Å². The Bertz CT molecular complexity index is 826. The van der Waals surface area contributed by atoms with Crippen LogP contribution in [-0.4, -0.2) is 52.6 Å². The zero-order chi connectivity index (χ0) is 22.4. The number of imide groups is 1. The van der Waals surface area contributed by atoms with E-state index in [2.05, 4.69) is 5.32 Å². The van der Waals surface area contributed by atoms with Gasteiger partial charge in [0, 0.05) is 26.1 Å². The fourth-order valence-electron chi connectivity index (χ4n) is 4.43. The van der Waals surface area contributed by atoms with Crippen LogP contribution in [0, 0.1) is 11.8 Å². The van der Waals surface area contributed by atoms with Gasteiger partial charge in [-0.25, -0.2) is 0 Å². The molecule has 31 heavy (non-hydrogen) atoms. The molecule has 1 fully saturated rings. The lowest BCUT2D eigenvalue weighted by atomic mass is 9.85. The molecule has 0 bridgehead atoms. The first-order chi connectivity index (χ1) is 15.0. The minimum Gasteiger partial charge on any atom is -0.355 e. The number of likely N-dealkylation sites (tertiary alicyclic amines) is 1. The van der Waals surface area contributed by atoms with Crippen LogP contribution in [0.15, 0.2) is 42.5 Å². The molecule has 7 heteroatoms. The van der Waals surface area contributed by atoms with Gasteiger partial charge in [0.25, 0.3) is 0 Å². The highest BCUT2D eigenvalue weighted by atomic mass is 16.2. The molecule has 0 saturated carbocycles. The predicted octanol–water partition coefficient (Wildman–Crippen LogP) is 2.27. The third kappa shape index (κ3) is 5.03. The number of nitrogens with zero attached hydrogens (tertiary/aromatic N) is 2. The standard InChI is InChI=1S/C24H31N3O4/c1-3-20(22(29)25-4-2)27(16-17-10-6-5-7-11-17)21(28)14-15-26-23(30)18-12-8-9-13-19(18)24(26)31/h5-11,18-20H,3-4,12-16H2,1-2H3,(H,25,29)/t18-,19+,20-/m1/s1. The molecule has 166 valence electrons. The highest BCUT2D eigenvalue weighted by molar-refractivity contribution is 6.05. The van der Waals surface area contributed by atoms with Crippen molar-refractivity contribution in [3.8, 4) is 0 Å². The number of rotatable bonds is 9. The second kappa shape index (κ2) is 10.4. The summed E-state index contributed by atoms with van der Waals surface area (Å²) in [5, 5.41) is 2.80. The van der Waals surface area contributed by atoms with Crippen LogP contribution < -0.4 is 5.32 Å². The Morgan fingerprint density at radius 2 is 1.68 bits per heavy atom. The second-order valence-electron chi connectivity index (χ2n) is 8.06. The molecule has 0 unspecified atom stereocenters. The van der Waals surface area contributed by atoms with E-state index in [4.69, 9.17) is 0 Å². The van der Waals surface area contributed by atoms with Crippen LogP contribution >= 0.6 is 0 Å². The maximum atomic E-state index is 13.2. The molecule has 1 heterocycles. The summed E-state index contributed by atoms with van der Waals surface area (Å²) in [6.45, 7) is 4.55. The van der Waals surface area contributed by atoms with Crippen LogP contribution in [-0.2, 0) is 25.7 Å². The minimum absolute atomic E-state index is 0.00703. The number of carbonyl (C=O) groups excluding carboxylic acids is 4. The molecule has 3 atom stereocenters. The van der Waals surface area contributed by atoms with Crippen molar-refractivity contribution in [2.24, 2.45) is 11.8 Å². The van der Waals surface area contributed by atoms with Gasteiger partial charge in [-0.3, -0.25) is 24.1 Å². The molecule has 4 amide bonds. The Labute approximate surface area is 183 Å². The molecule has 0 aromatic heterocycles. The van der Waals surface area contributed by atoms with Gasteiger partial charge < -0.3 is 10.2 Å². The number of hydrogen-bond acceptors (Lipinski definition) is 4. The number of benzene rings is 1. The summed E-state index contributed by atoms with van der Waals surface area (Å²) in [5.41, 5.74) is 0.920. The van der Waals surface area contributed by atoms with Gasteiger partial charge in [-0.05, 0) is 31.7 Å². The molecular formula is C24H31N3O4. The molecule has 0 radical (unpaired) electrons.